The van der Waals surface area contributed by atoms with Gasteiger partial charge >= 0.3 is 0 Å². The highest BCUT2D eigenvalue weighted by Gasteiger charge is 2.37. The molecule has 3 rings (SSSR count). The first-order valence-electron chi connectivity index (χ1n) is 7.29. The highest BCUT2D eigenvalue weighted by molar-refractivity contribution is 8.19. The van der Waals surface area contributed by atoms with Crippen LogP contribution in [0.3, 0.4) is 0 Å². The third-order valence-electron chi connectivity index (χ3n) is 3.59. The number of ether oxygens (including phenoxy) is 2. The molecule has 0 unspecified atom stereocenters. The molecule has 0 N–H and O–H groups in total. The minimum Gasteiger partial charge on any atom is -0.495 e. The number of nitrogens with zero attached hydrogens (tertiary/aromatic N) is 1. The van der Waals surface area contributed by atoms with Crippen LogP contribution < -0.4 is 14.4 Å². The molecule has 0 radical (unpaired) electrons. The summed E-state index contributed by atoms with van der Waals surface area (Å²) in [5, 5.41) is 0.0561. The van der Waals surface area contributed by atoms with Gasteiger partial charge in [0.25, 0.3) is 11.1 Å². The van der Waals surface area contributed by atoms with Crippen molar-refractivity contribution in [2.24, 2.45) is 0 Å². The second-order valence-corrected chi connectivity index (χ2v) is 6.48. The van der Waals surface area contributed by atoms with Gasteiger partial charge in [0.2, 0.25) is 0 Å². The predicted octanol–water partition coefficient (Wildman–Crippen LogP) is 4.60. The molecule has 128 valence electrons. The lowest BCUT2D eigenvalue weighted by molar-refractivity contribution is -0.113. The number of methoxy groups -OCH3 is 2. The van der Waals surface area contributed by atoms with Crippen molar-refractivity contribution >= 4 is 46.3 Å². The van der Waals surface area contributed by atoms with Gasteiger partial charge in [-0.2, -0.15) is 0 Å². The third kappa shape index (κ3) is 3.36. The Morgan fingerprint density at radius 1 is 1.04 bits per heavy atom. The SMILES string of the molecule is COc1ccc(/C=C2\SC(=O)N(c3ccccc3OC)C2=O)cc1Cl. The van der Waals surface area contributed by atoms with E-state index in [0.717, 1.165) is 16.7 Å². The second-order valence-electron chi connectivity index (χ2n) is 5.08. The predicted molar refractivity (Wildman–Crippen MR) is 99.4 cm³/mol. The Morgan fingerprint density at radius 2 is 1.76 bits per heavy atom. The summed E-state index contributed by atoms with van der Waals surface area (Å²) in [6.07, 6.45) is 1.63. The fourth-order valence-electron chi connectivity index (χ4n) is 2.41. The van der Waals surface area contributed by atoms with Crippen LogP contribution in [0.5, 0.6) is 11.5 Å². The van der Waals surface area contributed by atoms with E-state index in [2.05, 4.69) is 0 Å². The summed E-state index contributed by atoms with van der Waals surface area (Å²) >= 11 is 6.98. The lowest BCUT2D eigenvalue weighted by Gasteiger charge is -2.15. The number of anilines is 1. The Labute approximate surface area is 154 Å². The molecule has 5 nitrogen and oxygen atoms in total. The summed E-state index contributed by atoms with van der Waals surface area (Å²) in [5.74, 6) is 0.603. The van der Waals surface area contributed by atoms with Crippen LogP contribution in [-0.4, -0.2) is 25.4 Å². The Morgan fingerprint density at radius 3 is 2.44 bits per heavy atom. The summed E-state index contributed by atoms with van der Waals surface area (Å²) in [6, 6.07) is 12.0. The summed E-state index contributed by atoms with van der Waals surface area (Å²) < 4.78 is 10.4. The smallest absolute Gasteiger partial charge is 0.298 e. The minimum absolute atomic E-state index is 0.317. The van der Waals surface area contributed by atoms with Crippen LogP contribution in [0.4, 0.5) is 10.5 Å². The van der Waals surface area contributed by atoms with E-state index < -0.39 is 5.91 Å². The van der Waals surface area contributed by atoms with Crippen LogP contribution >= 0.6 is 23.4 Å². The van der Waals surface area contributed by atoms with Gasteiger partial charge in [0, 0.05) is 0 Å². The van der Waals surface area contributed by atoms with Crippen LogP contribution in [0.1, 0.15) is 5.56 Å². The van der Waals surface area contributed by atoms with Crippen molar-refractivity contribution in [2.75, 3.05) is 19.1 Å². The maximum absolute atomic E-state index is 12.7. The van der Waals surface area contributed by atoms with E-state index in [9.17, 15) is 9.59 Å². The highest BCUT2D eigenvalue weighted by Crippen LogP contribution is 2.39. The number of rotatable bonds is 4. The molecule has 2 aromatic carbocycles. The van der Waals surface area contributed by atoms with Gasteiger partial charge < -0.3 is 9.47 Å². The Kier molecular flexibility index (Phi) is 5.01. The molecular formula is C18H14ClNO4S. The quantitative estimate of drug-likeness (QED) is 0.731. The second kappa shape index (κ2) is 7.21. The molecular weight excluding hydrogens is 362 g/mol. The monoisotopic (exact) mass is 375 g/mol. The molecule has 1 aliphatic rings. The van der Waals surface area contributed by atoms with Gasteiger partial charge in [-0.1, -0.05) is 29.8 Å². The van der Waals surface area contributed by atoms with Crippen LogP contribution in [-0.2, 0) is 4.79 Å². The summed E-state index contributed by atoms with van der Waals surface area (Å²) in [7, 11) is 3.02. The zero-order valence-corrected chi connectivity index (χ0v) is 15.1. The van der Waals surface area contributed by atoms with Gasteiger partial charge in [0.05, 0.1) is 29.8 Å². The van der Waals surface area contributed by atoms with E-state index in [0.29, 0.717) is 32.7 Å². The van der Waals surface area contributed by atoms with Gasteiger partial charge in [0.1, 0.15) is 11.5 Å². The Hall–Kier alpha value is -2.44. The molecule has 2 aromatic rings. The molecule has 0 spiro atoms. The van der Waals surface area contributed by atoms with Crippen molar-refractivity contribution in [3.05, 3.63) is 58.0 Å². The topological polar surface area (TPSA) is 55.8 Å². The Bertz CT molecular complexity index is 881. The number of thioether (sulfide) groups is 1. The normalized spacial score (nSPS) is 15.8. The molecule has 1 fully saturated rings. The largest absolute Gasteiger partial charge is 0.495 e. The fraction of sp³-hybridized carbons (Fsp3) is 0.111. The van der Waals surface area contributed by atoms with Gasteiger partial charge in [-0.05, 0) is 47.7 Å². The number of para-hydroxylation sites is 2. The van der Waals surface area contributed by atoms with Gasteiger partial charge in [-0.3, -0.25) is 9.59 Å². The van der Waals surface area contributed by atoms with Crippen molar-refractivity contribution < 1.29 is 19.1 Å². The first-order chi connectivity index (χ1) is 12.0. The van der Waals surface area contributed by atoms with E-state index in [1.54, 1.807) is 48.5 Å². The van der Waals surface area contributed by atoms with Gasteiger partial charge in [-0.15, -0.1) is 0 Å². The standard InChI is InChI=1S/C18H14ClNO4S/c1-23-14-8-7-11(9-12(14)19)10-16-17(21)20(18(22)25-16)13-5-3-4-6-15(13)24-2/h3-10H,1-2H3/b16-10-. The highest BCUT2D eigenvalue weighted by atomic mass is 35.5. The Balaban J connectivity index is 1.95. The zero-order valence-electron chi connectivity index (χ0n) is 13.5. The van der Waals surface area contributed by atoms with Crippen molar-refractivity contribution in [3.63, 3.8) is 0 Å². The van der Waals surface area contributed by atoms with E-state index in [1.165, 1.54) is 14.2 Å². The van der Waals surface area contributed by atoms with E-state index in [4.69, 9.17) is 21.1 Å². The maximum atomic E-state index is 12.7. The van der Waals surface area contributed by atoms with Crippen LogP contribution in [0.15, 0.2) is 47.4 Å². The van der Waals surface area contributed by atoms with Crippen molar-refractivity contribution in [3.8, 4) is 11.5 Å². The molecule has 1 heterocycles. The molecule has 0 aromatic heterocycles. The molecule has 1 saturated heterocycles. The van der Waals surface area contributed by atoms with Crippen molar-refractivity contribution in [2.45, 2.75) is 0 Å². The average molecular weight is 376 g/mol. The van der Waals surface area contributed by atoms with Crippen LogP contribution in [0.25, 0.3) is 6.08 Å². The van der Waals surface area contributed by atoms with E-state index in [1.807, 2.05) is 0 Å². The van der Waals surface area contributed by atoms with Gasteiger partial charge in [0.15, 0.2) is 0 Å². The first kappa shape index (κ1) is 17.4. The molecule has 1 aliphatic heterocycles. The number of imide groups is 1. The van der Waals surface area contributed by atoms with Crippen LogP contribution in [0, 0.1) is 0 Å². The van der Waals surface area contributed by atoms with Gasteiger partial charge in [-0.25, -0.2) is 4.90 Å². The molecule has 0 bridgehead atoms. The van der Waals surface area contributed by atoms with Crippen molar-refractivity contribution in [1.29, 1.82) is 0 Å². The number of amides is 2. The number of carbonyl (C=O) groups is 2. The zero-order chi connectivity index (χ0) is 18.0. The van der Waals surface area contributed by atoms with E-state index >= 15 is 0 Å². The molecule has 0 saturated carbocycles. The molecule has 0 aliphatic carbocycles. The summed E-state index contributed by atoms with van der Waals surface area (Å²) in [4.78, 5) is 26.5. The molecule has 7 heteroatoms. The van der Waals surface area contributed by atoms with E-state index in [-0.39, 0.29) is 5.24 Å². The third-order valence-corrected chi connectivity index (χ3v) is 4.76. The molecule has 0 atom stereocenters. The number of hydrogen-bond donors (Lipinski definition) is 0. The molecule has 25 heavy (non-hydrogen) atoms. The fourth-order valence-corrected chi connectivity index (χ4v) is 3.51. The average Bonchev–Trinajstić information content (AvgIpc) is 2.88. The maximum Gasteiger partial charge on any atom is 0.298 e. The minimum atomic E-state index is -0.397. The lowest BCUT2D eigenvalue weighted by Crippen LogP contribution is -2.28. The van der Waals surface area contributed by atoms with Crippen LogP contribution in [0.2, 0.25) is 5.02 Å². The summed E-state index contributed by atoms with van der Waals surface area (Å²) in [6.45, 7) is 0. The first-order valence-corrected chi connectivity index (χ1v) is 8.49. The lowest BCUT2D eigenvalue weighted by atomic mass is 10.2. The number of carbonyl (C=O) groups excluding carboxylic acids is 2. The molecule has 2 amide bonds. The number of hydrogen-bond acceptors (Lipinski definition) is 5. The number of benzene rings is 2. The number of halogens is 1. The summed E-state index contributed by atoms with van der Waals surface area (Å²) in [5.41, 5.74) is 1.12. The van der Waals surface area contributed by atoms with Crippen molar-refractivity contribution in [1.82, 2.24) is 0 Å².